The van der Waals surface area contributed by atoms with Crippen molar-refractivity contribution in [2.24, 2.45) is 0 Å². The van der Waals surface area contributed by atoms with Gasteiger partial charge in [-0.3, -0.25) is 25.0 Å². The number of ketones is 1. The van der Waals surface area contributed by atoms with Gasteiger partial charge in [-0.1, -0.05) is 0 Å². The largest absolute Gasteiger partial charge is 0.452 e. The molecule has 1 aromatic heterocycles. The average molecular weight is 326 g/mol. The van der Waals surface area contributed by atoms with Crippen molar-refractivity contribution in [2.45, 2.75) is 6.92 Å². The van der Waals surface area contributed by atoms with Crippen molar-refractivity contribution in [3.63, 3.8) is 0 Å². The van der Waals surface area contributed by atoms with Gasteiger partial charge in [-0.05, 0) is 25.1 Å². The third kappa shape index (κ3) is 2.50. The number of nitro benzene ring substituents is 2. The molecule has 0 atom stereocenters. The predicted molar refractivity (Wildman–Crippen MR) is 84.1 cm³/mol. The molecule has 3 rings (SSSR count). The number of furan rings is 1. The maximum atomic E-state index is 12.5. The van der Waals surface area contributed by atoms with E-state index in [0.717, 1.165) is 0 Å². The SMILES string of the molecule is Cc1c(C(=O)c2ccc([N+](=O)[O-])cc2)oc2ccc([N+](=O)[O-])cc12. The molecule has 0 saturated carbocycles. The van der Waals surface area contributed by atoms with E-state index in [4.69, 9.17) is 4.42 Å². The van der Waals surface area contributed by atoms with E-state index in [9.17, 15) is 25.0 Å². The Morgan fingerprint density at radius 2 is 1.54 bits per heavy atom. The molecule has 0 saturated heterocycles. The fraction of sp³-hybridized carbons (Fsp3) is 0.0625. The lowest BCUT2D eigenvalue weighted by atomic mass is 10.0. The van der Waals surface area contributed by atoms with Crippen LogP contribution in [-0.2, 0) is 0 Å². The van der Waals surface area contributed by atoms with Gasteiger partial charge in [0.25, 0.3) is 11.4 Å². The Labute approximate surface area is 134 Å². The maximum absolute atomic E-state index is 12.5. The van der Waals surface area contributed by atoms with Gasteiger partial charge >= 0.3 is 0 Å². The maximum Gasteiger partial charge on any atom is 0.270 e. The number of nitrogens with zero attached hydrogens (tertiary/aromatic N) is 2. The summed E-state index contributed by atoms with van der Waals surface area (Å²) in [4.78, 5) is 33.0. The molecule has 0 bridgehead atoms. The zero-order valence-corrected chi connectivity index (χ0v) is 12.4. The average Bonchev–Trinajstić information content (AvgIpc) is 2.90. The number of rotatable bonds is 4. The standard InChI is InChI=1S/C16H10N2O6/c1-9-13-8-12(18(22)23)6-7-14(13)24-16(9)15(19)10-2-4-11(5-3-10)17(20)21/h2-8H,1H3. The Hall–Kier alpha value is -3.55. The molecule has 0 amide bonds. The molecule has 0 aliphatic carbocycles. The van der Waals surface area contributed by atoms with Crippen molar-refractivity contribution in [1.29, 1.82) is 0 Å². The summed E-state index contributed by atoms with van der Waals surface area (Å²) in [5.74, 6) is -0.388. The predicted octanol–water partition coefficient (Wildman–Crippen LogP) is 3.79. The summed E-state index contributed by atoms with van der Waals surface area (Å²) in [5, 5.41) is 22.0. The highest BCUT2D eigenvalue weighted by atomic mass is 16.6. The van der Waals surface area contributed by atoms with Crippen LogP contribution in [-0.4, -0.2) is 15.6 Å². The van der Waals surface area contributed by atoms with Crippen LogP contribution >= 0.6 is 0 Å². The Morgan fingerprint density at radius 3 is 2.12 bits per heavy atom. The summed E-state index contributed by atoms with van der Waals surface area (Å²) in [5.41, 5.74) is 0.863. The molecular weight excluding hydrogens is 316 g/mol. The minimum absolute atomic E-state index is 0.0550. The van der Waals surface area contributed by atoms with Crippen molar-refractivity contribution < 1.29 is 19.1 Å². The van der Waals surface area contributed by atoms with Crippen LogP contribution in [0.25, 0.3) is 11.0 Å². The number of hydrogen-bond donors (Lipinski definition) is 0. The highest BCUT2D eigenvalue weighted by Gasteiger charge is 2.21. The lowest BCUT2D eigenvalue weighted by molar-refractivity contribution is -0.385. The summed E-state index contributed by atoms with van der Waals surface area (Å²) < 4.78 is 5.52. The number of carbonyl (C=O) groups excluding carboxylic acids is 1. The minimum Gasteiger partial charge on any atom is -0.452 e. The van der Waals surface area contributed by atoms with E-state index in [2.05, 4.69) is 0 Å². The van der Waals surface area contributed by atoms with E-state index in [1.807, 2.05) is 0 Å². The zero-order chi connectivity index (χ0) is 17.4. The van der Waals surface area contributed by atoms with Gasteiger partial charge < -0.3 is 4.42 Å². The third-order valence-corrected chi connectivity index (χ3v) is 3.68. The molecule has 0 aliphatic rings. The molecule has 3 aromatic rings. The fourth-order valence-electron chi connectivity index (χ4n) is 2.40. The van der Waals surface area contributed by atoms with Gasteiger partial charge in [-0.15, -0.1) is 0 Å². The van der Waals surface area contributed by atoms with E-state index < -0.39 is 15.6 Å². The molecule has 0 spiro atoms. The van der Waals surface area contributed by atoms with Crippen LogP contribution in [0.15, 0.2) is 46.9 Å². The first-order valence-electron chi connectivity index (χ1n) is 6.85. The van der Waals surface area contributed by atoms with E-state index in [1.54, 1.807) is 6.92 Å². The van der Waals surface area contributed by atoms with Crippen LogP contribution in [0.1, 0.15) is 21.7 Å². The van der Waals surface area contributed by atoms with Gasteiger partial charge in [0.05, 0.1) is 9.85 Å². The lowest BCUT2D eigenvalue weighted by Gasteiger charge is -1.99. The fourth-order valence-corrected chi connectivity index (χ4v) is 2.40. The van der Waals surface area contributed by atoms with Crippen LogP contribution in [0.5, 0.6) is 0 Å². The monoisotopic (exact) mass is 326 g/mol. The number of hydrogen-bond acceptors (Lipinski definition) is 6. The summed E-state index contributed by atoms with van der Waals surface area (Å²) >= 11 is 0. The normalized spacial score (nSPS) is 10.7. The summed E-state index contributed by atoms with van der Waals surface area (Å²) in [6, 6.07) is 9.23. The van der Waals surface area contributed by atoms with E-state index in [-0.39, 0.29) is 22.7 Å². The topological polar surface area (TPSA) is 116 Å². The summed E-state index contributed by atoms with van der Waals surface area (Å²) in [6.07, 6.45) is 0. The molecule has 120 valence electrons. The van der Waals surface area contributed by atoms with Gasteiger partial charge in [-0.25, -0.2) is 0 Å². The van der Waals surface area contributed by atoms with Crippen LogP contribution in [0.4, 0.5) is 11.4 Å². The quantitative estimate of drug-likeness (QED) is 0.409. The lowest BCUT2D eigenvalue weighted by Crippen LogP contribution is -2.01. The van der Waals surface area contributed by atoms with Gasteiger partial charge in [0.15, 0.2) is 5.76 Å². The van der Waals surface area contributed by atoms with Crippen LogP contribution in [0, 0.1) is 27.2 Å². The van der Waals surface area contributed by atoms with Gasteiger partial charge in [-0.2, -0.15) is 0 Å². The van der Waals surface area contributed by atoms with Crippen molar-refractivity contribution in [3.05, 3.63) is 79.6 Å². The second kappa shape index (κ2) is 5.58. The molecule has 0 radical (unpaired) electrons. The molecule has 0 aliphatic heterocycles. The Kier molecular flexibility index (Phi) is 3.57. The highest BCUT2D eigenvalue weighted by Crippen LogP contribution is 2.30. The Bertz CT molecular complexity index is 988. The van der Waals surface area contributed by atoms with Gasteiger partial charge in [0, 0.05) is 40.8 Å². The molecule has 0 N–H and O–H groups in total. The number of benzene rings is 2. The Morgan fingerprint density at radius 1 is 0.958 bits per heavy atom. The third-order valence-electron chi connectivity index (χ3n) is 3.68. The van der Waals surface area contributed by atoms with Gasteiger partial charge in [0.2, 0.25) is 5.78 Å². The van der Waals surface area contributed by atoms with Crippen molar-refractivity contribution in [2.75, 3.05) is 0 Å². The molecular formula is C16H10N2O6. The highest BCUT2D eigenvalue weighted by molar-refractivity contribution is 6.10. The van der Waals surface area contributed by atoms with Crippen molar-refractivity contribution >= 4 is 28.1 Å². The molecule has 0 unspecified atom stereocenters. The number of fused-ring (bicyclic) bond motifs is 1. The molecule has 2 aromatic carbocycles. The molecule has 8 heteroatoms. The minimum atomic E-state index is -0.556. The van der Waals surface area contributed by atoms with Crippen molar-refractivity contribution in [3.8, 4) is 0 Å². The van der Waals surface area contributed by atoms with Crippen molar-refractivity contribution in [1.82, 2.24) is 0 Å². The van der Waals surface area contributed by atoms with E-state index >= 15 is 0 Å². The second-order valence-electron chi connectivity index (χ2n) is 5.13. The number of aryl methyl sites for hydroxylation is 1. The summed E-state index contributed by atoms with van der Waals surface area (Å²) in [6.45, 7) is 1.63. The first-order valence-corrected chi connectivity index (χ1v) is 6.85. The first-order chi connectivity index (χ1) is 11.4. The molecule has 8 nitrogen and oxygen atoms in total. The van der Waals surface area contributed by atoms with E-state index in [0.29, 0.717) is 16.5 Å². The van der Waals surface area contributed by atoms with Crippen LogP contribution in [0.2, 0.25) is 0 Å². The second-order valence-corrected chi connectivity index (χ2v) is 5.13. The van der Waals surface area contributed by atoms with Crippen LogP contribution < -0.4 is 0 Å². The molecule has 24 heavy (non-hydrogen) atoms. The Balaban J connectivity index is 2.05. The van der Waals surface area contributed by atoms with Gasteiger partial charge in [0.1, 0.15) is 5.58 Å². The summed E-state index contributed by atoms with van der Waals surface area (Å²) in [7, 11) is 0. The number of carbonyl (C=O) groups is 1. The number of nitro groups is 2. The van der Waals surface area contributed by atoms with E-state index in [1.165, 1.54) is 42.5 Å². The van der Waals surface area contributed by atoms with Crippen LogP contribution in [0.3, 0.4) is 0 Å². The molecule has 0 fully saturated rings. The zero-order valence-electron chi connectivity index (χ0n) is 12.4. The first kappa shape index (κ1) is 15.3. The smallest absolute Gasteiger partial charge is 0.270 e. The number of non-ortho nitro benzene ring substituents is 2. The molecule has 1 heterocycles.